The van der Waals surface area contributed by atoms with Crippen molar-refractivity contribution < 1.29 is 4.74 Å². The predicted octanol–water partition coefficient (Wildman–Crippen LogP) is 1.96. The zero-order chi connectivity index (χ0) is 12.8. The zero-order valence-corrected chi connectivity index (χ0v) is 11.2. The lowest BCUT2D eigenvalue weighted by atomic mass is 10.2. The number of nitrogens with zero attached hydrogens (tertiary/aromatic N) is 3. The fourth-order valence-electron chi connectivity index (χ4n) is 1.54. The van der Waals surface area contributed by atoms with Crippen LogP contribution >= 0.6 is 11.6 Å². The summed E-state index contributed by atoms with van der Waals surface area (Å²) in [7, 11) is 1.67. The van der Waals surface area contributed by atoms with Crippen LogP contribution in [0.4, 0.5) is 11.5 Å². The number of rotatable bonds is 6. The summed E-state index contributed by atoms with van der Waals surface area (Å²) in [5, 5.41) is 0.292. The SMILES string of the molecule is CCC(C)N(CCOC)c1ncnc(Cl)c1N. The molecule has 96 valence electrons. The zero-order valence-electron chi connectivity index (χ0n) is 10.5. The number of hydrogen-bond donors (Lipinski definition) is 1. The average molecular weight is 259 g/mol. The Labute approximate surface area is 107 Å². The molecular weight excluding hydrogens is 240 g/mol. The van der Waals surface area contributed by atoms with E-state index in [0.717, 1.165) is 13.0 Å². The molecule has 0 aromatic carbocycles. The molecule has 0 saturated heterocycles. The van der Waals surface area contributed by atoms with Gasteiger partial charge in [-0.3, -0.25) is 0 Å². The molecule has 5 nitrogen and oxygen atoms in total. The van der Waals surface area contributed by atoms with Crippen molar-refractivity contribution in [2.24, 2.45) is 0 Å². The van der Waals surface area contributed by atoms with E-state index in [4.69, 9.17) is 22.1 Å². The first-order chi connectivity index (χ1) is 8.11. The number of nitrogen functional groups attached to an aromatic ring is 1. The molecule has 1 rings (SSSR count). The van der Waals surface area contributed by atoms with Crippen molar-refractivity contribution in [3.63, 3.8) is 0 Å². The van der Waals surface area contributed by atoms with Gasteiger partial charge in [-0.1, -0.05) is 18.5 Å². The summed E-state index contributed by atoms with van der Waals surface area (Å²) >= 11 is 5.91. The van der Waals surface area contributed by atoms with Crippen molar-refractivity contribution in [3.8, 4) is 0 Å². The third kappa shape index (κ3) is 3.44. The van der Waals surface area contributed by atoms with Gasteiger partial charge >= 0.3 is 0 Å². The first kappa shape index (κ1) is 14.0. The minimum absolute atomic E-state index is 0.292. The van der Waals surface area contributed by atoms with Gasteiger partial charge in [0.1, 0.15) is 12.0 Å². The highest BCUT2D eigenvalue weighted by Gasteiger charge is 2.18. The van der Waals surface area contributed by atoms with E-state index in [1.165, 1.54) is 6.33 Å². The Hall–Kier alpha value is -1.07. The summed E-state index contributed by atoms with van der Waals surface area (Å²) < 4.78 is 5.10. The third-order valence-electron chi connectivity index (χ3n) is 2.75. The molecule has 0 aliphatic carbocycles. The molecule has 1 atom stereocenters. The molecule has 0 aliphatic heterocycles. The molecule has 17 heavy (non-hydrogen) atoms. The van der Waals surface area contributed by atoms with Crippen molar-refractivity contribution >= 4 is 23.1 Å². The number of methoxy groups -OCH3 is 1. The van der Waals surface area contributed by atoms with Crippen LogP contribution in [0.1, 0.15) is 20.3 Å². The monoisotopic (exact) mass is 258 g/mol. The minimum atomic E-state index is 0.292. The molecule has 2 N–H and O–H groups in total. The van der Waals surface area contributed by atoms with E-state index in [9.17, 15) is 0 Å². The molecular formula is C11H19ClN4O. The Bertz CT molecular complexity index is 361. The second kappa shape index (κ2) is 6.61. The summed E-state index contributed by atoms with van der Waals surface area (Å²) in [4.78, 5) is 10.2. The van der Waals surface area contributed by atoms with Crippen LogP contribution in [0.3, 0.4) is 0 Å². The van der Waals surface area contributed by atoms with Gasteiger partial charge in [0.15, 0.2) is 11.0 Å². The first-order valence-corrected chi connectivity index (χ1v) is 6.01. The van der Waals surface area contributed by atoms with E-state index in [1.807, 2.05) is 0 Å². The molecule has 0 spiro atoms. The molecule has 6 heteroatoms. The lowest BCUT2D eigenvalue weighted by molar-refractivity contribution is 0.203. The molecule has 1 heterocycles. The number of hydrogen-bond acceptors (Lipinski definition) is 5. The Kier molecular flexibility index (Phi) is 5.44. The molecule has 0 bridgehead atoms. The topological polar surface area (TPSA) is 64.3 Å². The molecule has 0 radical (unpaired) electrons. The van der Waals surface area contributed by atoms with Crippen molar-refractivity contribution in [1.82, 2.24) is 9.97 Å². The standard InChI is InChI=1S/C11H19ClN4O/c1-4-8(2)16(5-6-17-3)11-9(13)10(12)14-7-15-11/h7-8H,4-6,13H2,1-3H3. The largest absolute Gasteiger partial charge is 0.393 e. The predicted molar refractivity (Wildman–Crippen MR) is 70.4 cm³/mol. The van der Waals surface area contributed by atoms with Crippen LogP contribution in [0.15, 0.2) is 6.33 Å². The van der Waals surface area contributed by atoms with Gasteiger partial charge in [-0.05, 0) is 13.3 Å². The van der Waals surface area contributed by atoms with Gasteiger partial charge < -0.3 is 15.4 Å². The van der Waals surface area contributed by atoms with Crippen LogP contribution in [0.2, 0.25) is 5.15 Å². The Morgan fingerprint density at radius 2 is 2.24 bits per heavy atom. The third-order valence-corrected chi connectivity index (χ3v) is 3.05. The first-order valence-electron chi connectivity index (χ1n) is 5.63. The highest BCUT2D eigenvalue weighted by molar-refractivity contribution is 6.32. The van der Waals surface area contributed by atoms with Crippen molar-refractivity contribution in [1.29, 1.82) is 0 Å². The van der Waals surface area contributed by atoms with Gasteiger partial charge in [-0.15, -0.1) is 0 Å². The second-order valence-corrected chi connectivity index (χ2v) is 4.20. The molecule has 1 aromatic rings. The molecule has 1 aromatic heterocycles. The van der Waals surface area contributed by atoms with E-state index in [1.54, 1.807) is 7.11 Å². The second-order valence-electron chi connectivity index (χ2n) is 3.85. The van der Waals surface area contributed by atoms with Gasteiger partial charge in [-0.25, -0.2) is 9.97 Å². The number of aromatic nitrogens is 2. The fraction of sp³-hybridized carbons (Fsp3) is 0.636. The molecule has 0 aliphatic rings. The number of nitrogens with two attached hydrogens (primary N) is 1. The van der Waals surface area contributed by atoms with Crippen LogP contribution in [0.5, 0.6) is 0 Å². The van der Waals surface area contributed by atoms with Gasteiger partial charge in [0.05, 0.1) is 6.61 Å². The molecule has 0 fully saturated rings. The van der Waals surface area contributed by atoms with Crippen LogP contribution in [0, 0.1) is 0 Å². The summed E-state index contributed by atoms with van der Waals surface area (Å²) in [6.45, 7) is 5.57. The summed E-state index contributed by atoms with van der Waals surface area (Å²) in [5.41, 5.74) is 6.33. The highest BCUT2D eigenvalue weighted by atomic mass is 35.5. The van der Waals surface area contributed by atoms with Gasteiger partial charge in [0.25, 0.3) is 0 Å². The Balaban J connectivity index is 2.99. The van der Waals surface area contributed by atoms with Crippen molar-refractivity contribution in [3.05, 3.63) is 11.5 Å². The summed E-state index contributed by atoms with van der Waals surface area (Å²) in [6, 6.07) is 0.318. The van der Waals surface area contributed by atoms with E-state index in [0.29, 0.717) is 29.3 Å². The summed E-state index contributed by atoms with van der Waals surface area (Å²) in [6.07, 6.45) is 2.42. The molecule has 0 saturated carbocycles. The molecule has 0 amide bonds. The maximum absolute atomic E-state index is 5.91. The van der Waals surface area contributed by atoms with Crippen LogP contribution in [-0.2, 0) is 4.74 Å². The van der Waals surface area contributed by atoms with E-state index in [2.05, 4.69) is 28.7 Å². The van der Waals surface area contributed by atoms with Crippen LogP contribution in [0.25, 0.3) is 0 Å². The van der Waals surface area contributed by atoms with Crippen LogP contribution < -0.4 is 10.6 Å². The van der Waals surface area contributed by atoms with Gasteiger partial charge in [0.2, 0.25) is 0 Å². The summed E-state index contributed by atoms with van der Waals surface area (Å²) in [5.74, 6) is 0.677. The Morgan fingerprint density at radius 3 is 2.82 bits per heavy atom. The van der Waals surface area contributed by atoms with E-state index >= 15 is 0 Å². The smallest absolute Gasteiger partial charge is 0.157 e. The Morgan fingerprint density at radius 1 is 1.53 bits per heavy atom. The lowest BCUT2D eigenvalue weighted by Crippen LogP contribution is -2.36. The van der Waals surface area contributed by atoms with Crippen molar-refractivity contribution in [2.75, 3.05) is 30.9 Å². The van der Waals surface area contributed by atoms with E-state index < -0.39 is 0 Å². The fourth-order valence-corrected chi connectivity index (χ4v) is 1.67. The van der Waals surface area contributed by atoms with E-state index in [-0.39, 0.29) is 0 Å². The van der Waals surface area contributed by atoms with Crippen molar-refractivity contribution in [2.45, 2.75) is 26.3 Å². The van der Waals surface area contributed by atoms with Gasteiger partial charge in [-0.2, -0.15) is 0 Å². The lowest BCUT2D eigenvalue weighted by Gasteiger charge is -2.30. The number of halogens is 1. The van der Waals surface area contributed by atoms with Gasteiger partial charge in [0, 0.05) is 19.7 Å². The number of anilines is 2. The van der Waals surface area contributed by atoms with Crippen LogP contribution in [-0.4, -0.2) is 36.3 Å². The molecule has 1 unspecified atom stereocenters. The average Bonchev–Trinajstić information content (AvgIpc) is 2.34. The number of ether oxygens (including phenoxy) is 1. The maximum Gasteiger partial charge on any atom is 0.157 e. The highest BCUT2D eigenvalue weighted by Crippen LogP contribution is 2.27. The normalized spacial score (nSPS) is 12.5. The minimum Gasteiger partial charge on any atom is -0.393 e. The quantitative estimate of drug-likeness (QED) is 0.791. The maximum atomic E-state index is 5.91.